The highest BCUT2D eigenvalue weighted by atomic mass is 16.5. The number of aliphatic carboxylic acids is 1. The molecule has 3 heterocycles. The van der Waals surface area contributed by atoms with E-state index in [1.807, 2.05) is 19.1 Å². The van der Waals surface area contributed by atoms with Gasteiger partial charge in [-0.2, -0.15) is 0 Å². The van der Waals surface area contributed by atoms with Crippen LogP contribution in [0.25, 0.3) is 5.65 Å². The molecule has 0 spiro atoms. The fourth-order valence-corrected chi connectivity index (χ4v) is 1.90. The first kappa shape index (κ1) is 10.2. The molecule has 17 heavy (non-hydrogen) atoms. The number of hydrogen-bond donors (Lipinski definition) is 1. The maximum Gasteiger partial charge on any atom is 0.322 e. The van der Waals surface area contributed by atoms with Crippen molar-refractivity contribution in [1.82, 2.24) is 14.6 Å². The Morgan fingerprint density at radius 1 is 1.59 bits per heavy atom. The Morgan fingerprint density at radius 3 is 2.88 bits per heavy atom. The van der Waals surface area contributed by atoms with Crippen molar-refractivity contribution in [1.29, 1.82) is 0 Å². The van der Waals surface area contributed by atoms with Crippen LogP contribution in [0.3, 0.4) is 0 Å². The molecule has 1 fully saturated rings. The van der Waals surface area contributed by atoms with Crippen LogP contribution in [0.1, 0.15) is 11.4 Å². The zero-order chi connectivity index (χ0) is 12.0. The van der Waals surface area contributed by atoms with Gasteiger partial charge in [0.1, 0.15) is 0 Å². The van der Waals surface area contributed by atoms with Gasteiger partial charge in [0.05, 0.1) is 13.2 Å². The van der Waals surface area contributed by atoms with Crippen molar-refractivity contribution >= 4 is 11.6 Å². The van der Waals surface area contributed by atoms with E-state index in [4.69, 9.17) is 4.74 Å². The third-order valence-corrected chi connectivity index (χ3v) is 3.09. The largest absolute Gasteiger partial charge is 0.480 e. The lowest BCUT2D eigenvalue weighted by Crippen LogP contribution is -2.53. The van der Waals surface area contributed by atoms with Gasteiger partial charge in [0.25, 0.3) is 0 Å². The molecule has 0 unspecified atom stereocenters. The topological polar surface area (TPSA) is 76.7 Å². The molecule has 0 atom stereocenters. The van der Waals surface area contributed by atoms with Crippen LogP contribution in [0.15, 0.2) is 18.3 Å². The third kappa shape index (κ3) is 1.27. The highest BCUT2D eigenvalue weighted by Crippen LogP contribution is 2.30. The number of nitrogens with zero attached hydrogens (tertiary/aromatic N) is 3. The number of carboxylic acid groups (broad SMARTS) is 1. The summed E-state index contributed by atoms with van der Waals surface area (Å²) in [5.41, 5.74) is 0.584. The van der Waals surface area contributed by atoms with Crippen molar-refractivity contribution in [2.45, 2.75) is 12.3 Å². The standard InChI is InChI=1S/C11H11N3O3/c1-7-3-2-4-14-8(7)12-9(13-14)11(10(15)16)5-17-6-11/h2-4H,5-6H2,1H3,(H,15,16). The van der Waals surface area contributed by atoms with Crippen LogP contribution in [0.5, 0.6) is 0 Å². The lowest BCUT2D eigenvalue weighted by atomic mass is 9.85. The second kappa shape index (κ2) is 3.27. The zero-order valence-electron chi connectivity index (χ0n) is 9.25. The summed E-state index contributed by atoms with van der Waals surface area (Å²) in [7, 11) is 0. The summed E-state index contributed by atoms with van der Waals surface area (Å²) < 4.78 is 6.61. The molecule has 3 rings (SSSR count). The van der Waals surface area contributed by atoms with Crippen LogP contribution in [0, 0.1) is 6.92 Å². The Bertz CT molecular complexity index is 601. The van der Waals surface area contributed by atoms with Gasteiger partial charge in [0.2, 0.25) is 0 Å². The van der Waals surface area contributed by atoms with E-state index < -0.39 is 11.4 Å². The molecular weight excluding hydrogens is 222 g/mol. The summed E-state index contributed by atoms with van der Waals surface area (Å²) in [5, 5.41) is 13.5. The predicted octanol–water partition coefficient (Wildman–Crippen LogP) is 0.390. The average Bonchev–Trinajstić information content (AvgIpc) is 2.60. The van der Waals surface area contributed by atoms with Crippen molar-refractivity contribution in [2.75, 3.05) is 13.2 Å². The van der Waals surface area contributed by atoms with Gasteiger partial charge in [-0.15, -0.1) is 5.10 Å². The number of rotatable bonds is 2. The highest BCUT2D eigenvalue weighted by Gasteiger charge is 2.51. The maximum absolute atomic E-state index is 11.3. The van der Waals surface area contributed by atoms with Crippen LogP contribution in [0.4, 0.5) is 0 Å². The Kier molecular flexibility index (Phi) is 1.97. The van der Waals surface area contributed by atoms with E-state index in [9.17, 15) is 9.90 Å². The van der Waals surface area contributed by atoms with Gasteiger partial charge >= 0.3 is 5.97 Å². The quantitative estimate of drug-likeness (QED) is 0.812. The molecule has 1 saturated heterocycles. The molecular formula is C11H11N3O3. The second-order valence-corrected chi connectivity index (χ2v) is 4.27. The first-order valence-electron chi connectivity index (χ1n) is 5.27. The molecule has 88 valence electrons. The molecule has 0 saturated carbocycles. The zero-order valence-corrected chi connectivity index (χ0v) is 9.25. The molecule has 1 N–H and O–H groups in total. The van der Waals surface area contributed by atoms with Gasteiger partial charge in [-0.3, -0.25) is 4.79 Å². The molecule has 1 aliphatic heterocycles. The normalized spacial score (nSPS) is 17.9. The molecule has 1 aliphatic rings. The lowest BCUT2D eigenvalue weighted by molar-refractivity contribution is -0.164. The van der Waals surface area contributed by atoms with Crippen LogP contribution < -0.4 is 0 Å². The Labute approximate surface area is 96.8 Å². The fourth-order valence-electron chi connectivity index (χ4n) is 1.90. The Balaban J connectivity index is 2.18. The van der Waals surface area contributed by atoms with Crippen LogP contribution in [0.2, 0.25) is 0 Å². The summed E-state index contributed by atoms with van der Waals surface area (Å²) in [6.07, 6.45) is 1.76. The first-order chi connectivity index (χ1) is 8.13. The van der Waals surface area contributed by atoms with Crippen molar-refractivity contribution in [3.63, 3.8) is 0 Å². The minimum atomic E-state index is -1.07. The number of aromatic nitrogens is 3. The van der Waals surface area contributed by atoms with Gasteiger partial charge in [-0.1, -0.05) is 6.07 Å². The van der Waals surface area contributed by atoms with Crippen molar-refractivity contribution < 1.29 is 14.6 Å². The summed E-state index contributed by atoms with van der Waals surface area (Å²) >= 11 is 0. The van der Waals surface area contributed by atoms with Gasteiger partial charge < -0.3 is 9.84 Å². The second-order valence-electron chi connectivity index (χ2n) is 4.27. The monoisotopic (exact) mass is 233 g/mol. The third-order valence-electron chi connectivity index (χ3n) is 3.09. The number of hydrogen-bond acceptors (Lipinski definition) is 4. The van der Waals surface area contributed by atoms with E-state index in [2.05, 4.69) is 10.1 Å². The van der Waals surface area contributed by atoms with Gasteiger partial charge in [0, 0.05) is 6.20 Å². The molecule has 0 radical (unpaired) electrons. The lowest BCUT2D eigenvalue weighted by Gasteiger charge is -2.34. The number of carbonyl (C=O) groups is 1. The Morgan fingerprint density at radius 2 is 2.35 bits per heavy atom. The molecule has 6 nitrogen and oxygen atoms in total. The maximum atomic E-state index is 11.3. The van der Waals surface area contributed by atoms with Gasteiger partial charge in [-0.05, 0) is 18.6 Å². The van der Waals surface area contributed by atoms with Crippen molar-refractivity contribution in [3.8, 4) is 0 Å². The summed E-state index contributed by atoms with van der Waals surface area (Å²) in [6.45, 7) is 2.19. The molecule has 0 bridgehead atoms. The molecule has 0 aliphatic carbocycles. The predicted molar refractivity (Wildman–Crippen MR) is 57.9 cm³/mol. The van der Waals surface area contributed by atoms with E-state index in [0.717, 1.165) is 5.56 Å². The van der Waals surface area contributed by atoms with Crippen LogP contribution in [-0.4, -0.2) is 38.9 Å². The number of pyridine rings is 1. The number of carboxylic acids is 1. The van der Waals surface area contributed by atoms with E-state index in [0.29, 0.717) is 11.5 Å². The summed E-state index contributed by atoms with van der Waals surface area (Å²) in [5.74, 6) is -0.608. The number of ether oxygens (including phenoxy) is 1. The van der Waals surface area contributed by atoms with Crippen molar-refractivity contribution in [3.05, 3.63) is 29.7 Å². The van der Waals surface area contributed by atoms with Gasteiger partial charge in [-0.25, -0.2) is 9.50 Å². The van der Waals surface area contributed by atoms with E-state index in [-0.39, 0.29) is 13.2 Å². The van der Waals surface area contributed by atoms with Crippen LogP contribution in [-0.2, 0) is 14.9 Å². The SMILES string of the molecule is Cc1cccn2nc(C3(C(=O)O)COC3)nc12. The summed E-state index contributed by atoms with van der Waals surface area (Å²) in [6, 6.07) is 3.77. The molecule has 6 heteroatoms. The molecule has 0 amide bonds. The molecule has 0 aromatic carbocycles. The smallest absolute Gasteiger partial charge is 0.322 e. The highest BCUT2D eigenvalue weighted by molar-refractivity contribution is 5.81. The molecule has 2 aromatic rings. The van der Waals surface area contributed by atoms with E-state index in [1.165, 1.54) is 0 Å². The number of fused-ring (bicyclic) bond motifs is 1. The van der Waals surface area contributed by atoms with Crippen molar-refractivity contribution in [2.24, 2.45) is 0 Å². The van der Waals surface area contributed by atoms with E-state index >= 15 is 0 Å². The summed E-state index contributed by atoms with van der Waals surface area (Å²) in [4.78, 5) is 15.6. The van der Waals surface area contributed by atoms with Gasteiger partial charge in [0.15, 0.2) is 16.9 Å². The minimum absolute atomic E-state index is 0.137. The average molecular weight is 233 g/mol. The fraction of sp³-hybridized carbons (Fsp3) is 0.364. The van der Waals surface area contributed by atoms with E-state index in [1.54, 1.807) is 10.7 Å². The first-order valence-corrected chi connectivity index (χ1v) is 5.27. The van der Waals surface area contributed by atoms with Crippen LogP contribution >= 0.6 is 0 Å². The molecule has 2 aromatic heterocycles. The Hall–Kier alpha value is -1.95. The number of aryl methyl sites for hydroxylation is 1. The minimum Gasteiger partial charge on any atom is -0.480 e.